The molecule has 1 heterocycles. The van der Waals surface area contributed by atoms with Crippen molar-refractivity contribution in [3.63, 3.8) is 0 Å². The second-order valence-corrected chi connectivity index (χ2v) is 8.09. The van der Waals surface area contributed by atoms with Gasteiger partial charge in [0.1, 0.15) is 0 Å². The van der Waals surface area contributed by atoms with Crippen molar-refractivity contribution < 1.29 is 0 Å². The van der Waals surface area contributed by atoms with Gasteiger partial charge in [0.25, 0.3) is 0 Å². The van der Waals surface area contributed by atoms with Crippen LogP contribution in [0.5, 0.6) is 0 Å². The van der Waals surface area contributed by atoms with Crippen LogP contribution in [0, 0.1) is 10.8 Å². The first-order valence-electron chi connectivity index (χ1n) is 6.44. The zero-order chi connectivity index (χ0) is 13.1. The van der Waals surface area contributed by atoms with E-state index in [2.05, 4.69) is 44.4 Å². The van der Waals surface area contributed by atoms with E-state index in [0.29, 0.717) is 10.6 Å². The minimum Gasteiger partial charge on any atom is -0.387 e. The highest BCUT2D eigenvalue weighted by atomic mass is 32.2. The van der Waals surface area contributed by atoms with E-state index in [1.54, 1.807) is 0 Å². The first kappa shape index (κ1) is 14.8. The molecule has 0 aromatic heterocycles. The molecular weight excluding hydrogens is 230 g/mol. The number of hydrogen-bond acceptors (Lipinski definition) is 3. The van der Waals surface area contributed by atoms with E-state index in [9.17, 15) is 0 Å². The third kappa shape index (κ3) is 4.88. The van der Waals surface area contributed by atoms with Gasteiger partial charge in [-0.05, 0) is 33.2 Å². The van der Waals surface area contributed by atoms with Gasteiger partial charge in [-0.3, -0.25) is 5.41 Å². The Hall–Kier alpha value is -0.220. The van der Waals surface area contributed by atoms with Gasteiger partial charge in [0.05, 0.1) is 5.84 Å². The Balaban J connectivity index is 2.30. The molecule has 1 fully saturated rings. The van der Waals surface area contributed by atoms with Crippen LogP contribution in [0.2, 0.25) is 0 Å². The summed E-state index contributed by atoms with van der Waals surface area (Å²) in [4.78, 5) is 2.55. The van der Waals surface area contributed by atoms with Gasteiger partial charge in [-0.2, -0.15) is 11.8 Å². The SMILES string of the molecule is CC1(C)CN(CCCC(C)(C)C(=N)N)CCS1. The molecule has 3 N–H and O–H groups in total. The molecule has 3 nitrogen and oxygen atoms in total. The van der Waals surface area contributed by atoms with Crippen LogP contribution in [0.3, 0.4) is 0 Å². The summed E-state index contributed by atoms with van der Waals surface area (Å²) in [6, 6.07) is 0. The summed E-state index contributed by atoms with van der Waals surface area (Å²) in [6.45, 7) is 12.3. The first-order valence-corrected chi connectivity index (χ1v) is 7.42. The zero-order valence-corrected chi connectivity index (χ0v) is 12.5. The molecule has 0 atom stereocenters. The minimum absolute atomic E-state index is 0.139. The van der Waals surface area contributed by atoms with Gasteiger partial charge >= 0.3 is 0 Å². The van der Waals surface area contributed by atoms with Gasteiger partial charge in [-0.15, -0.1) is 0 Å². The Morgan fingerprint density at radius 3 is 2.65 bits per heavy atom. The van der Waals surface area contributed by atoms with E-state index in [1.807, 2.05) is 0 Å². The molecule has 0 bridgehead atoms. The topological polar surface area (TPSA) is 53.1 Å². The molecule has 0 aliphatic carbocycles. The van der Waals surface area contributed by atoms with E-state index in [0.717, 1.165) is 19.4 Å². The highest BCUT2D eigenvalue weighted by Gasteiger charge is 2.27. The van der Waals surface area contributed by atoms with Crippen molar-refractivity contribution in [3.05, 3.63) is 0 Å². The lowest BCUT2D eigenvalue weighted by molar-refractivity contribution is 0.246. The van der Waals surface area contributed by atoms with Gasteiger partial charge < -0.3 is 10.6 Å². The maximum atomic E-state index is 7.54. The van der Waals surface area contributed by atoms with Crippen LogP contribution in [-0.4, -0.2) is 40.9 Å². The smallest absolute Gasteiger partial charge is 0.0963 e. The number of amidine groups is 1. The van der Waals surface area contributed by atoms with E-state index < -0.39 is 0 Å². The Kier molecular flexibility index (Phi) is 4.90. The number of nitrogens with zero attached hydrogens (tertiary/aromatic N) is 1. The summed E-state index contributed by atoms with van der Waals surface area (Å²) in [5.74, 6) is 1.55. The summed E-state index contributed by atoms with van der Waals surface area (Å²) in [5, 5.41) is 7.54. The maximum Gasteiger partial charge on any atom is 0.0963 e. The van der Waals surface area contributed by atoms with Gasteiger partial charge in [0, 0.05) is 29.0 Å². The molecule has 0 amide bonds. The lowest BCUT2D eigenvalue weighted by Crippen LogP contribution is -2.43. The Bertz CT molecular complexity index is 274. The van der Waals surface area contributed by atoms with Crippen molar-refractivity contribution in [3.8, 4) is 0 Å². The lowest BCUT2D eigenvalue weighted by atomic mass is 9.86. The molecule has 4 heteroatoms. The summed E-state index contributed by atoms with van der Waals surface area (Å²) >= 11 is 2.07. The molecule has 100 valence electrons. The van der Waals surface area contributed by atoms with Crippen molar-refractivity contribution >= 4 is 17.6 Å². The standard InChI is InChI=1S/C13H27N3S/c1-12(2,11(14)15)6-5-7-16-8-9-17-13(3,4)10-16/h5-10H2,1-4H3,(H3,14,15). The lowest BCUT2D eigenvalue weighted by Gasteiger charge is -2.38. The van der Waals surface area contributed by atoms with Crippen LogP contribution in [0.1, 0.15) is 40.5 Å². The third-order valence-corrected chi connectivity index (χ3v) is 4.81. The monoisotopic (exact) mass is 257 g/mol. The van der Waals surface area contributed by atoms with Crippen LogP contribution in [0.15, 0.2) is 0 Å². The van der Waals surface area contributed by atoms with Crippen LogP contribution in [-0.2, 0) is 0 Å². The summed E-state index contributed by atoms with van der Waals surface area (Å²) in [5.41, 5.74) is 5.46. The molecule has 1 saturated heterocycles. The van der Waals surface area contributed by atoms with E-state index >= 15 is 0 Å². The Morgan fingerprint density at radius 1 is 1.47 bits per heavy atom. The van der Waals surface area contributed by atoms with E-state index in [-0.39, 0.29) is 5.41 Å². The fraction of sp³-hybridized carbons (Fsp3) is 0.923. The molecule has 0 unspecified atom stereocenters. The molecule has 0 saturated carbocycles. The van der Waals surface area contributed by atoms with E-state index in [4.69, 9.17) is 11.1 Å². The Morgan fingerprint density at radius 2 is 2.12 bits per heavy atom. The van der Waals surface area contributed by atoms with Crippen LogP contribution >= 0.6 is 11.8 Å². The fourth-order valence-electron chi connectivity index (χ4n) is 2.18. The van der Waals surface area contributed by atoms with Crippen molar-refractivity contribution in [2.45, 2.75) is 45.3 Å². The second kappa shape index (κ2) is 5.61. The highest BCUT2D eigenvalue weighted by Crippen LogP contribution is 2.30. The number of nitrogens with one attached hydrogen (secondary N) is 1. The van der Waals surface area contributed by atoms with Crippen LogP contribution in [0.4, 0.5) is 0 Å². The van der Waals surface area contributed by atoms with Crippen molar-refractivity contribution in [2.75, 3.05) is 25.4 Å². The highest BCUT2D eigenvalue weighted by molar-refractivity contribution is 8.00. The maximum absolute atomic E-state index is 7.54. The van der Waals surface area contributed by atoms with Crippen molar-refractivity contribution in [2.24, 2.45) is 11.1 Å². The largest absolute Gasteiger partial charge is 0.387 e. The van der Waals surface area contributed by atoms with Gasteiger partial charge in [0.15, 0.2) is 0 Å². The second-order valence-electron chi connectivity index (χ2n) is 6.29. The molecule has 0 aromatic rings. The number of thioether (sulfide) groups is 1. The molecule has 1 rings (SSSR count). The third-order valence-electron chi connectivity index (χ3n) is 3.51. The van der Waals surface area contributed by atoms with Crippen molar-refractivity contribution in [1.82, 2.24) is 4.90 Å². The molecular formula is C13H27N3S. The predicted molar refractivity (Wildman–Crippen MR) is 77.9 cm³/mol. The first-order chi connectivity index (χ1) is 7.73. The number of nitrogens with two attached hydrogens (primary N) is 1. The summed E-state index contributed by atoms with van der Waals surface area (Å²) in [7, 11) is 0. The quantitative estimate of drug-likeness (QED) is 0.588. The molecule has 17 heavy (non-hydrogen) atoms. The zero-order valence-electron chi connectivity index (χ0n) is 11.7. The molecule has 0 spiro atoms. The van der Waals surface area contributed by atoms with Crippen LogP contribution in [0.25, 0.3) is 0 Å². The molecule has 1 aliphatic heterocycles. The normalized spacial score (nSPS) is 21.4. The summed E-state index contributed by atoms with van der Waals surface area (Å²) < 4.78 is 0.397. The predicted octanol–water partition coefficient (Wildman–Crippen LogP) is 2.56. The minimum atomic E-state index is -0.139. The average molecular weight is 257 g/mol. The van der Waals surface area contributed by atoms with Crippen LogP contribution < -0.4 is 5.73 Å². The summed E-state index contributed by atoms with van der Waals surface area (Å²) in [6.07, 6.45) is 2.14. The molecule has 1 aliphatic rings. The molecule has 0 radical (unpaired) electrons. The van der Waals surface area contributed by atoms with Gasteiger partial charge in [-0.1, -0.05) is 13.8 Å². The van der Waals surface area contributed by atoms with Crippen molar-refractivity contribution in [1.29, 1.82) is 5.41 Å². The average Bonchev–Trinajstić information content (AvgIpc) is 2.15. The Labute approximate surface area is 110 Å². The molecule has 0 aromatic carbocycles. The van der Waals surface area contributed by atoms with E-state index in [1.165, 1.54) is 18.8 Å². The fourth-order valence-corrected chi connectivity index (χ4v) is 3.36. The van der Waals surface area contributed by atoms with Gasteiger partial charge in [0.2, 0.25) is 0 Å². The van der Waals surface area contributed by atoms with Gasteiger partial charge in [-0.25, -0.2) is 0 Å². The number of rotatable bonds is 5. The number of hydrogen-bond donors (Lipinski definition) is 2.